The Morgan fingerprint density at radius 3 is 2.86 bits per heavy atom. The van der Waals surface area contributed by atoms with Gasteiger partial charge in [0.2, 0.25) is 0 Å². The molecule has 3 heteroatoms. The zero-order valence-corrected chi connectivity index (χ0v) is 21.1. The largest absolute Gasteiger partial charge is 0.359 e. The first-order valence-corrected chi connectivity index (χ1v) is 14.3. The molecule has 6 atom stereocenters. The monoisotopic (exact) mass is 466 g/mol. The molecule has 3 aliphatic heterocycles. The molecule has 3 nitrogen and oxygen atoms in total. The summed E-state index contributed by atoms with van der Waals surface area (Å²) in [6, 6.07) is 9.96. The van der Waals surface area contributed by atoms with Crippen LogP contribution < -0.4 is 0 Å². The second kappa shape index (κ2) is 7.29. The molecule has 2 spiro atoms. The predicted molar refractivity (Wildman–Crippen MR) is 140 cm³/mol. The summed E-state index contributed by atoms with van der Waals surface area (Å²) in [5, 5.41) is 2.58. The number of aromatic nitrogens is 1. The molecule has 1 aromatic carbocycles. The summed E-state index contributed by atoms with van der Waals surface area (Å²) in [6.07, 6.45) is 21.9. The molecule has 2 bridgehead atoms. The number of pyridine rings is 1. The lowest BCUT2D eigenvalue weighted by Crippen LogP contribution is -2.58. The molecule has 2 aromatic rings. The summed E-state index contributed by atoms with van der Waals surface area (Å²) in [5.41, 5.74) is 5.04. The molecule has 6 aliphatic rings. The number of rotatable bonds is 2. The van der Waals surface area contributed by atoms with E-state index in [1.54, 1.807) is 11.1 Å². The van der Waals surface area contributed by atoms with E-state index >= 15 is 0 Å². The van der Waals surface area contributed by atoms with Gasteiger partial charge in [-0.15, -0.1) is 0 Å². The van der Waals surface area contributed by atoms with Crippen molar-refractivity contribution in [2.75, 3.05) is 13.1 Å². The summed E-state index contributed by atoms with van der Waals surface area (Å²) in [4.78, 5) is 7.11. The lowest BCUT2D eigenvalue weighted by Gasteiger charge is -2.58. The number of ether oxygens (including phenoxy) is 1. The smallest absolute Gasteiger partial charge is 0.0974 e. The molecular formula is C32H38N2O. The quantitative estimate of drug-likeness (QED) is 0.479. The van der Waals surface area contributed by atoms with Gasteiger partial charge in [-0.25, -0.2) is 0 Å². The number of hydrogen-bond acceptors (Lipinski definition) is 3. The fraction of sp³-hybridized carbons (Fsp3) is 0.594. The van der Waals surface area contributed by atoms with Crippen LogP contribution in [0, 0.1) is 11.3 Å². The molecule has 182 valence electrons. The van der Waals surface area contributed by atoms with Crippen molar-refractivity contribution < 1.29 is 4.74 Å². The molecule has 0 radical (unpaired) electrons. The van der Waals surface area contributed by atoms with Gasteiger partial charge in [0.25, 0.3) is 0 Å². The SMILES string of the molecule is C[C@]12CC=C3C=C4CCC(N5CCC5)C[C@]45CC[C@]3(O5)[C@@H]1CCC(c1ccc3ccncc3c1)C2. The Bertz CT molecular complexity index is 1260. The predicted octanol–water partition coefficient (Wildman–Crippen LogP) is 6.94. The van der Waals surface area contributed by atoms with E-state index in [4.69, 9.17) is 4.74 Å². The van der Waals surface area contributed by atoms with E-state index in [-0.39, 0.29) is 11.2 Å². The van der Waals surface area contributed by atoms with Gasteiger partial charge in [0.05, 0.1) is 11.2 Å². The summed E-state index contributed by atoms with van der Waals surface area (Å²) >= 11 is 0. The van der Waals surface area contributed by atoms with Crippen LogP contribution in [0.15, 0.2) is 60.0 Å². The molecule has 0 N–H and O–H groups in total. The van der Waals surface area contributed by atoms with Crippen LogP contribution in [0.1, 0.15) is 82.6 Å². The molecule has 1 aromatic heterocycles. The highest BCUT2D eigenvalue weighted by molar-refractivity contribution is 5.82. The molecule has 2 saturated carbocycles. The Morgan fingerprint density at radius 2 is 1.97 bits per heavy atom. The zero-order valence-electron chi connectivity index (χ0n) is 21.1. The highest BCUT2D eigenvalue weighted by atomic mass is 16.5. The van der Waals surface area contributed by atoms with E-state index in [9.17, 15) is 0 Å². The summed E-state index contributed by atoms with van der Waals surface area (Å²) in [7, 11) is 0. The van der Waals surface area contributed by atoms with Gasteiger partial charge in [-0.2, -0.15) is 0 Å². The van der Waals surface area contributed by atoms with Crippen LogP contribution >= 0.6 is 0 Å². The van der Waals surface area contributed by atoms with E-state index in [1.807, 2.05) is 12.4 Å². The zero-order chi connectivity index (χ0) is 23.3. The van der Waals surface area contributed by atoms with Crippen molar-refractivity contribution in [2.45, 2.75) is 94.3 Å². The van der Waals surface area contributed by atoms with Crippen molar-refractivity contribution in [2.24, 2.45) is 11.3 Å². The van der Waals surface area contributed by atoms with Crippen molar-refractivity contribution in [3.8, 4) is 0 Å². The Kier molecular flexibility index (Phi) is 4.41. The summed E-state index contributed by atoms with van der Waals surface area (Å²) < 4.78 is 7.49. The van der Waals surface area contributed by atoms with E-state index in [2.05, 4.69) is 53.2 Å². The molecule has 4 fully saturated rings. The van der Waals surface area contributed by atoms with E-state index in [1.165, 1.54) is 93.6 Å². The number of likely N-dealkylation sites (tertiary alicyclic amines) is 1. The van der Waals surface area contributed by atoms with Crippen LogP contribution in [0.4, 0.5) is 0 Å². The van der Waals surface area contributed by atoms with Gasteiger partial charge in [0, 0.05) is 23.8 Å². The minimum Gasteiger partial charge on any atom is -0.359 e. The number of fused-ring (bicyclic) bond motifs is 2. The molecule has 2 saturated heterocycles. The maximum Gasteiger partial charge on any atom is 0.0974 e. The lowest BCUT2D eigenvalue weighted by molar-refractivity contribution is -0.157. The van der Waals surface area contributed by atoms with Gasteiger partial charge in [0.15, 0.2) is 0 Å². The van der Waals surface area contributed by atoms with Crippen molar-refractivity contribution in [1.82, 2.24) is 9.88 Å². The normalized spacial score (nSPS) is 42.4. The summed E-state index contributed by atoms with van der Waals surface area (Å²) in [5.74, 6) is 1.29. The van der Waals surface area contributed by atoms with Gasteiger partial charge >= 0.3 is 0 Å². The molecular weight excluding hydrogens is 428 g/mol. The number of allylic oxidation sites excluding steroid dienone is 1. The third-order valence-corrected chi connectivity index (χ3v) is 11.2. The summed E-state index contributed by atoms with van der Waals surface area (Å²) in [6.45, 7) is 5.21. The Morgan fingerprint density at radius 1 is 1.03 bits per heavy atom. The third-order valence-electron chi connectivity index (χ3n) is 11.2. The van der Waals surface area contributed by atoms with E-state index in [0.717, 1.165) is 6.04 Å². The van der Waals surface area contributed by atoms with E-state index in [0.29, 0.717) is 17.3 Å². The lowest BCUT2D eigenvalue weighted by atomic mass is 9.52. The number of hydrogen-bond donors (Lipinski definition) is 0. The van der Waals surface area contributed by atoms with E-state index < -0.39 is 0 Å². The van der Waals surface area contributed by atoms with Crippen LogP contribution in [0.5, 0.6) is 0 Å². The molecule has 35 heavy (non-hydrogen) atoms. The molecule has 8 rings (SSSR count). The van der Waals surface area contributed by atoms with Crippen LogP contribution in [-0.4, -0.2) is 40.2 Å². The maximum atomic E-state index is 7.49. The van der Waals surface area contributed by atoms with Gasteiger partial charge in [0.1, 0.15) is 0 Å². The van der Waals surface area contributed by atoms with Crippen molar-refractivity contribution >= 4 is 10.8 Å². The van der Waals surface area contributed by atoms with Gasteiger partial charge in [-0.05, 0) is 129 Å². The van der Waals surface area contributed by atoms with Crippen molar-refractivity contribution in [1.29, 1.82) is 0 Å². The fourth-order valence-electron chi connectivity index (χ4n) is 9.31. The average Bonchev–Trinajstić information content (AvgIpc) is 3.14. The van der Waals surface area contributed by atoms with Crippen LogP contribution in [0.25, 0.3) is 10.8 Å². The fourth-order valence-corrected chi connectivity index (χ4v) is 9.31. The first-order valence-electron chi connectivity index (χ1n) is 14.3. The molecule has 3 aliphatic carbocycles. The molecule has 0 amide bonds. The van der Waals surface area contributed by atoms with Gasteiger partial charge in [-0.3, -0.25) is 4.98 Å². The second-order valence-electron chi connectivity index (χ2n) is 13.0. The molecule has 2 unspecified atom stereocenters. The van der Waals surface area contributed by atoms with Crippen molar-refractivity contribution in [3.63, 3.8) is 0 Å². The topological polar surface area (TPSA) is 25.4 Å². The van der Waals surface area contributed by atoms with Crippen LogP contribution in [-0.2, 0) is 4.74 Å². The molecule has 4 heterocycles. The Labute approximate surface area is 209 Å². The van der Waals surface area contributed by atoms with Crippen LogP contribution in [0.3, 0.4) is 0 Å². The Hall–Kier alpha value is -1.97. The third kappa shape index (κ3) is 2.95. The number of benzene rings is 1. The van der Waals surface area contributed by atoms with Crippen LogP contribution in [0.2, 0.25) is 0 Å². The first kappa shape index (κ1) is 21.1. The minimum atomic E-state index is -0.0222. The standard InChI is InChI=1S/C32H38N2O/c1-30-11-9-27-18-26-6-7-28(34-15-2-16-34)20-31(26)12-13-32(27,35-31)29(30)8-5-24(19-30)23-4-3-22-10-14-33-21-25(22)17-23/h3-4,9-10,14,17-18,21,24,28-29H,2,5-8,11-13,15-16,19-20H2,1H3/t24?,28?,29-,30-,31-,32-/m1/s1. The first-order chi connectivity index (χ1) is 17.1. The highest BCUT2D eigenvalue weighted by Gasteiger charge is 2.64. The minimum absolute atomic E-state index is 0.0222. The van der Waals surface area contributed by atoms with Gasteiger partial charge < -0.3 is 9.64 Å². The number of nitrogens with zero attached hydrogens (tertiary/aromatic N) is 2. The maximum absolute atomic E-state index is 7.49. The average molecular weight is 467 g/mol. The highest BCUT2D eigenvalue weighted by Crippen LogP contribution is 2.66. The van der Waals surface area contributed by atoms with Crippen molar-refractivity contribution in [3.05, 3.63) is 65.5 Å². The Balaban J connectivity index is 1.11. The second-order valence-corrected chi connectivity index (χ2v) is 13.0. The van der Waals surface area contributed by atoms with Gasteiger partial charge in [-0.1, -0.05) is 31.2 Å².